The summed E-state index contributed by atoms with van der Waals surface area (Å²) in [6.07, 6.45) is 5.76. The van der Waals surface area contributed by atoms with E-state index in [9.17, 15) is 23.1 Å². The average Bonchev–Trinajstić information content (AvgIpc) is 3.01. The van der Waals surface area contributed by atoms with Gasteiger partial charge in [-0.2, -0.15) is 0 Å². The van der Waals surface area contributed by atoms with E-state index in [1.165, 1.54) is 12.1 Å². The Morgan fingerprint density at radius 1 is 1.19 bits per heavy atom. The first-order chi connectivity index (χ1) is 12.8. The normalized spacial score (nSPS) is 25.1. The van der Waals surface area contributed by atoms with Crippen molar-refractivity contribution in [2.24, 2.45) is 5.92 Å². The van der Waals surface area contributed by atoms with Crippen molar-refractivity contribution >= 4 is 21.7 Å². The molecule has 1 N–H and O–H groups in total. The van der Waals surface area contributed by atoms with Crippen molar-refractivity contribution in [1.82, 2.24) is 4.90 Å². The average molecular weight is 395 g/mol. The molecule has 3 atom stereocenters. The third-order valence-electron chi connectivity index (χ3n) is 5.50. The van der Waals surface area contributed by atoms with Crippen molar-refractivity contribution < 1.29 is 27.9 Å². The summed E-state index contributed by atoms with van der Waals surface area (Å²) in [4.78, 5) is 26.1. The van der Waals surface area contributed by atoms with E-state index >= 15 is 0 Å². The van der Waals surface area contributed by atoms with Crippen molar-refractivity contribution in [3.63, 3.8) is 0 Å². The second kappa shape index (κ2) is 7.88. The van der Waals surface area contributed by atoms with Gasteiger partial charge in [0.05, 0.1) is 17.9 Å². The molecule has 0 spiro atoms. The van der Waals surface area contributed by atoms with Crippen molar-refractivity contribution in [3.8, 4) is 5.75 Å². The Bertz CT molecular complexity index is 804. The molecule has 1 aliphatic carbocycles. The zero-order valence-electron chi connectivity index (χ0n) is 15.3. The second-order valence-corrected chi connectivity index (χ2v) is 9.36. The lowest BCUT2D eigenvalue weighted by atomic mass is 9.84. The smallest absolute Gasteiger partial charge is 0.326 e. The second-order valence-electron chi connectivity index (χ2n) is 7.34. The van der Waals surface area contributed by atoms with Crippen LogP contribution in [-0.4, -0.2) is 55.2 Å². The number of aliphatic carboxylic acids is 1. The van der Waals surface area contributed by atoms with Gasteiger partial charge in [0.2, 0.25) is 5.91 Å². The SMILES string of the molecule is CS(=O)(=O)c1ccc(OCCC(=O)N2C(C(=O)O)CC3CCCCC32)cc1. The molecule has 0 aromatic heterocycles. The fraction of sp³-hybridized carbons (Fsp3) is 0.579. The minimum Gasteiger partial charge on any atom is -0.493 e. The first-order valence-electron chi connectivity index (χ1n) is 9.24. The van der Waals surface area contributed by atoms with Crippen LogP contribution in [0.4, 0.5) is 0 Å². The summed E-state index contributed by atoms with van der Waals surface area (Å²) in [5.74, 6) is -0.366. The molecule has 27 heavy (non-hydrogen) atoms. The molecule has 1 heterocycles. The number of amides is 1. The van der Waals surface area contributed by atoms with E-state index in [0.717, 1.165) is 31.9 Å². The number of carbonyl (C=O) groups is 2. The Labute approximate surface area is 159 Å². The standard InChI is InChI=1S/C19H25NO6S/c1-27(24,25)15-8-6-14(7-9-15)26-11-10-18(21)20-16-5-3-2-4-13(16)12-17(20)19(22)23/h6-9,13,16-17H,2-5,10-12H2,1H3,(H,22,23). The first kappa shape index (κ1) is 19.7. The maximum atomic E-state index is 12.7. The van der Waals surface area contributed by atoms with E-state index < -0.39 is 21.8 Å². The molecule has 8 heteroatoms. The molecule has 1 amide bonds. The van der Waals surface area contributed by atoms with Crippen LogP contribution in [-0.2, 0) is 19.4 Å². The lowest BCUT2D eigenvalue weighted by molar-refractivity contribution is -0.150. The van der Waals surface area contributed by atoms with Gasteiger partial charge in [0.1, 0.15) is 11.8 Å². The summed E-state index contributed by atoms with van der Waals surface area (Å²) in [7, 11) is -3.26. The number of carboxylic acid groups (broad SMARTS) is 1. The van der Waals surface area contributed by atoms with Gasteiger partial charge in [-0.25, -0.2) is 13.2 Å². The number of ether oxygens (including phenoxy) is 1. The Kier molecular flexibility index (Phi) is 5.74. The summed E-state index contributed by atoms with van der Waals surface area (Å²) >= 11 is 0. The quantitative estimate of drug-likeness (QED) is 0.792. The molecule has 3 unspecified atom stereocenters. The number of benzene rings is 1. The van der Waals surface area contributed by atoms with Crippen LogP contribution in [0.25, 0.3) is 0 Å². The minimum atomic E-state index is -3.26. The number of carboxylic acids is 1. The van der Waals surface area contributed by atoms with Crippen molar-refractivity contribution in [1.29, 1.82) is 0 Å². The predicted molar refractivity (Wildman–Crippen MR) is 98.3 cm³/mol. The zero-order chi connectivity index (χ0) is 19.6. The number of fused-ring (bicyclic) bond motifs is 1. The van der Waals surface area contributed by atoms with E-state index in [1.54, 1.807) is 17.0 Å². The molecule has 3 rings (SSSR count). The fourth-order valence-corrected chi connectivity index (χ4v) is 4.84. The zero-order valence-corrected chi connectivity index (χ0v) is 16.2. The van der Waals surface area contributed by atoms with Crippen LogP contribution in [0.1, 0.15) is 38.5 Å². The molecule has 1 aromatic carbocycles. The molecule has 148 valence electrons. The number of hydrogen-bond acceptors (Lipinski definition) is 5. The van der Waals surface area contributed by atoms with Gasteiger partial charge in [-0.15, -0.1) is 0 Å². The fourth-order valence-electron chi connectivity index (χ4n) is 4.21. The van der Waals surface area contributed by atoms with Crippen molar-refractivity contribution in [2.75, 3.05) is 12.9 Å². The molecule has 2 fully saturated rings. The number of carbonyl (C=O) groups excluding carboxylic acids is 1. The van der Waals surface area contributed by atoms with Gasteiger partial charge in [0.15, 0.2) is 9.84 Å². The van der Waals surface area contributed by atoms with Gasteiger partial charge in [-0.1, -0.05) is 12.8 Å². The van der Waals surface area contributed by atoms with E-state index in [4.69, 9.17) is 4.74 Å². The number of nitrogens with zero attached hydrogens (tertiary/aromatic N) is 1. The Morgan fingerprint density at radius 3 is 2.48 bits per heavy atom. The highest BCUT2D eigenvalue weighted by atomic mass is 32.2. The summed E-state index contributed by atoms with van der Waals surface area (Å²) in [6.45, 7) is 0.122. The van der Waals surface area contributed by atoms with E-state index in [2.05, 4.69) is 0 Å². The Morgan fingerprint density at radius 2 is 1.85 bits per heavy atom. The lowest BCUT2D eigenvalue weighted by Gasteiger charge is -2.33. The maximum Gasteiger partial charge on any atom is 0.326 e. The summed E-state index contributed by atoms with van der Waals surface area (Å²) in [5, 5.41) is 9.50. The minimum absolute atomic E-state index is 0.0291. The van der Waals surface area contributed by atoms with Crippen LogP contribution in [0.2, 0.25) is 0 Å². The number of sulfone groups is 1. The molecule has 1 saturated carbocycles. The molecule has 7 nitrogen and oxygen atoms in total. The van der Waals surface area contributed by atoms with Gasteiger partial charge >= 0.3 is 5.97 Å². The van der Waals surface area contributed by atoms with Crippen molar-refractivity contribution in [3.05, 3.63) is 24.3 Å². The Balaban J connectivity index is 1.58. The van der Waals surface area contributed by atoms with E-state index in [1.807, 2.05) is 0 Å². The van der Waals surface area contributed by atoms with Gasteiger partial charge in [0.25, 0.3) is 0 Å². The maximum absolute atomic E-state index is 12.7. The summed E-state index contributed by atoms with van der Waals surface area (Å²) in [5.41, 5.74) is 0. The highest BCUT2D eigenvalue weighted by Gasteiger charge is 2.47. The lowest BCUT2D eigenvalue weighted by Crippen LogP contribution is -2.46. The number of rotatable bonds is 6. The molecule has 1 saturated heterocycles. The van der Waals surface area contributed by atoms with Crippen LogP contribution in [0, 0.1) is 5.92 Å². The molecular weight excluding hydrogens is 370 g/mol. The molecule has 0 bridgehead atoms. The summed E-state index contributed by atoms with van der Waals surface area (Å²) in [6, 6.07) is 5.31. The van der Waals surface area contributed by atoms with Crippen LogP contribution >= 0.6 is 0 Å². The topological polar surface area (TPSA) is 101 Å². The van der Waals surface area contributed by atoms with Crippen LogP contribution in [0.5, 0.6) is 5.75 Å². The van der Waals surface area contributed by atoms with E-state index in [-0.39, 0.29) is 35.8 Å². The predicted octanol–water partition coefficient (Wildman–Crippen LogP) is 2.10. The number of likely N-dealkylation sites (tertiary alicyclic amines) is 1. The largest absolute Gasteiger partial charge is 0.493 e. The summed E-state index contributed by atoms with van der Waals surface area (Å²) < 4.78 is 28.5. The van der Waals surface area contributed by atoms with Crippen LogP contribution in [0.3, 0.4) is 0 Å². The van der Waals surface area contributed by atoms with Crippen molar-refractivity contribution in [2.45, 2.75) is 55.5 Å². The Hall–Kier alpha value is -2.09. The molecule has 0 radical (unpaired) electrons. The van der Waals surface area contributed by atoms with Gasteiger partial charge in [-0.3, -0.25) is 4.79 Å². The monoisotopic (exact) mass is 395 g/mol. The first-order valence-corrected chi connectivity index (χ1v) is 11.1. The van der Waals surface area contributed by atoms with Gasteiger partial charge in [0, 0.05) is 12.3 Å². The van der Waals surface area contributed by atoms with Gasteiger partial charge in [-0.05, 0) is 49.4 Å². The van der Waals surface area contributed by atoms with E-state index in [0.29, 0.717) is 12.2 Å². The third kappa shape index (κ3) is 4.43. The van der Waals surface area contributed by atoms with Crippen LogP contribution < -0.4 is 4.74 Å². The highest BCUT2D eigenvalue weighted by Crippen LogP contribution is 2.40. The van der Waals surface area contributed by atoms with Crippen LogP contribution in [0.15, 0.2) is 29.2 Å². The third-order valence-corrected chi connectivity index (χ3v) is 6.63. The molecule has 1 aromatic rings. The molecular formula is C19H25NO6S. The van der Waals surface area contributed by atoms with Gasteiger partial charge < -0.3 is 14.7 Å². The molecule has 2 aliphatic rings. The highest BCUT2D eigenvalue weighted by molar-refractivity contribution is 7.90. The molecule has 1 aliphatic heterocycles. The number of hydrogen-bond donors (Lipinski definition) is 1.